The molecule has 0 aromatic carbocycles. The lowest BCUT2D eigenvalue weighted by molar-refractivity contribution is -0.122. The highest BCUT2D eigenvalue weighted by atomic mass is 16.1. The summed E-state index contributed by atoms with van der Waals surface area (Å²) in [4.78, 5) is 27.3. The summed E-state index contributed by atoms with van der Waals surface area (Å²) in [6.45, 7) is 5.68. The molecule has 8 heteroatoms. The average Bonchev–Trinajstić information content (AvgIpc) is 2.78. The van der Waals surface area contributed by atoms with Gasteiger partial charge in [-0.2, -0.15) is 0 Å². The number of hydrogen-bond acceptors (Lipinski definition) is 5. The Morgan fingerprint density at radius 1 is 1.17 bits per heavy atom. The Balaban J connectivity index is 1.61. The van der Waals surface area contributed by atoms with E-state index in [4.69, 9.17) is 10.7 Å². The topological polar surface area (TPSA) is 109 Å². The fourth-order valence-corrected chi connectivity index (χ4v) is 3.58. The van der Waals surface area contributed by atoms with Crippen LogP contribution in [0.15, 0.2) is 47.7 Å². The van der Waals surface area contributed by atoms with Gasteiger partial charge in [-0.05, 0) is 38.0 Å². The summed E-state index contributed by atoms with van der Waals surface area (Å²) < 4.78 is 0. The zero-order chi connectivity index (χ0) is 21.2. The molecule has 0 spiro atoms. The van der Waals surface area contributed by atoms with Crippen LogP contribution in [0, 0.1) is 5.92 Å². The molecule has 1 aliphatic heterocycles. The third-order valence-corrected chi connectivity index (χ3v) is 5.22. The molecule has 0 atom stereocenters. The van der Waals surface area contributed by atoms with Crippen LogP contribution < -0.4 is 21.3 Å². The maximum atomic E-state index is 11.4. The number of rotatable bonds is 8. The van der Waals surface area contributed by atoms with Crippen LogP contribution in [-0.2, 0) is 17.8 Å². The van der Waals surface area contributed by atoms with Crippen LogP contribution in [0.5, 0.6) is 0 Å². The zero-order valence-corrected chi connectivity index (χ0v) is 17.6. The van der Waals surface area contributed by atoms with Crippen molar-refractivity contribution in [1.82, 2.24) is 20.6 Å². The first-order chi connectivity index (χ1) is 14.7. The third kappa shape index (κ3) is 6.17. The van der Waals surface area contributed by atoms with Gasteiger partial charge in [0, 0.05) is 62.2 Å². The molecule has 3 rings (SSSR count). The van der Waals surface area contributed by atoms with Gasteiger partial charge >= 0.3 is 0 Å². The number of pyridine rings is 2. The highest BCUT2D eigenvalue weighted by Crippen LogP contribution is 2.24. The van der Waals surface area contributed by atoms with Gasteiger partial charge in [-0.25, -0.2) is 9.98 Å². The minimum Gasteiger partial charge on any atom is -0.369 e. The molecule has 3 heterocycles. The molecule has 1 fully saturated rings. The van der Waals surface area contributed by atoms with E-state index in [0.717, 1.165) is 68.5 Å². The second kappa shape index (κ2) is 11.1. The lowest BCUT2D eigenvalue weighted by atomic mass is 9.96. The van der Waals surface area contributed by atoms with E-state index in [1.54, 1.807) is 6.20 Å². The summed E-state index contributed by atoms with van der Waals surface area (Å²) >= 11 is 0. The van der Waals surface area contributed by atoms with Crippen molar-refractivity contribution in [1.29, 1.82) is 0 Å². The standard InChI is InChI=1S/C22H31N7O/c1-2-24-22(27-13-8-19-7-3-4-11-25-19)28-16-18-6-5-12-26-21(18)29-14-9-17(10-15-29)20(23)30/h3-7,11-12,17H,2,8-10,13-16H2,1H3,(H2,23,30)(H2,24,27,28). The number of aliphatic imine (C=N–C) groups is 1. The van der Waals surface area contributed by atoms with Gasteiger partial charge in [-0.3, -0.25) is 9.78 Å². The maximum Gasteiger partial charge on any atom is 0.220 e. The first-order valence-electron chi connectivity index (χ1n) is 10.6. The number of anilines is 1. The predicted octanol–water partition coefficient (Wildman–Crippen LogP) is 1.48. The van der Waals surface area contributed by atoms with Crippen molar-refractivity contribution in [3.63, 3.8) is 0 Å². The Morgan fingerprint density at radius 3 is 2.67 bits per heavy atom. The zero-order valence-electron chi connectivity index (χ0n) is 17.6. The minimum atomic E-state index is -0.201. The van der Waals surface area contributed by atoms with E-state index < -0.39 is 0 Å². The number of piperidine rings is 1. The molecular weight excluding hydrogens is 378 g/mol. The lowest BCUT2D eigenvalue weighted by Crippen LogP contribution is -2.39. The van der Waals surface area contributed by atoms with E-state index in [1.165, 1.54) is 0 Å². The Bertz CT molecular complexity index is 832. The van der Waals surface area contributed by atoms with Crippen molar-refractivity contribution < 1.29 is 4.79 Å². The molecule has 30 heavy (non-hydrogen) atoms. The number of hydrogen-bond donors (Lipinski definition) is 3. The van der Waals surface area contributed by atoms with Crippen LogP contribution in [0.25, 0.3) is 0 Å². The summed E-state index contributed by atoms with van der Waals surface area (Å²) in [7, 11) is 0. The highest BCUT2D eigenvalue weighted by Gasteiger charge is 2.24. The smallest absolute Gasteiger partial charge is 0.220 e. The first-order valence-corrected chi connectivity index (χ1v) is 10.6. The Kier molecular flexibility index (Phi) is 8.00. The van der Waals surface area contributed by atoms with Crippen molar-refractivity contribution >= 4 is 17.7 Å². The fourth-order valence-electron chi connectivity index (χ4n) is 3.58. The maximum absolute atomic E-state index is 11.4. The summed E-state index contributed by atoms with van der Waals surface area (Å²) in [5, 5.41) is 6.66. The molecule has 0 unspecified atom stereocenters. The van der Waals surface area contributed by atoms with Gasteiger partial charge in [0.05, 0.1) is 6.54 Å². The van der Waals surface area contributed by atoms with Gasteiger partial charge < -0.3 is 21.3 Å². The van der Waals surface area contributed by atoms with Crippen LogP contribution in [-0.4, -0.2) is 48.0 Å². The normalized spacial score (nSPS) is 15.1. The SMILES string of the molecule is CCNC(=NCc1cccnc1N1CCC(C(N)=O)CC1)NCCc1ccccn1. The number of nitrogens with two attached hydrogens (primary N) is 1. The Hall–Kier alpha value is -3.16. The molecule has 2 aromatic rings. The second-order valence-corrected chi connectivity index (χ2v) is 7.34. The number of primary amides is 1. The number of carbonyl (C=O) groups excluding carboxylic acids is 1. The number of nitrogens with one attached hydrogen (secondary N) is 2. The van der Waals surface area contributed by atoms with Crippen molar-refractivity contribution in [3.8, 4) is 0 Å². The van der Waals surface area contributed by atoms with Crippen LogP contribution in [0.3, 0.4) is 0 Å². The number of amides is 1. The predicted molar refractivity (Wildman–Crippen MR) is 119 cm³/mol. The van der Waals surface area contributed by atoms with E-state index in [-0.39, 0.29) is 11.8 Å². The van der Waals surface area contributed by atoms with Gasteiger partial charge in [0.15, 0.2) is 5.96 Å². The van der Waals surface area contributed by atoms with Crippen molar-refractivity contribution in [2.75, 3.05) is 31.1 Å². The first kappa shape index (κ1) is 21.5. The molecule has 1 amide bonds. The van der Waals surface area contributed by atoms with Crippen LogP contribution in [0.2, 0.25) is 0 Å². The monoisotopic (exact) mass is 409 g/mol. The molecule has 1 saturated heterocycles. The van der Waals surface area contributed by atoms with Gasteiger partial charge in [0.1, 0.15) is 5.82 Å². The number of guanidine groups is 1. The van der Waals surface area contributed by atoms with E-state index in [2.05, 4.69) is 31.6 Å². The van der Waals surface area contributed by atoms with Crippen LogP contribution in [0.4, 0.5) is 5.82 Å². The summed E-state index contributed by atoms with van der Waals surface area (Å²) in [6.07, 6.45) is 5.99. The molecule has 2 aromatic heterocycles. The average molecular weight is 410 g/mol. The largest absolute Gasteiger partial charge is 0.369 e. The molecule has 0 bridgehead atoms. The molecule has 1 aliphatic rings. The summed E-state index contributed by atoms with van der Waals surface area (Å²) in [5.74, 6) is 1.48. The summed E-state index contributed by atoms with van der Waals surface area (Å²) in [5.41, 5.74) is 7.58. The Morgan fingerprint density at radius 2 is 1.97 bits per heavy atom. The summed E-state index contributed by atoms with van der Waals surface area (Å²) in [6, 6.07) is 9.94. The fraction of sp³-hybridized carbons (Fsp3) is 0.455. The van der Waals surface area contributed by atoms with Crippen molar-refractivity contribution in [2.24, 2.45) is 16.6 Å². The molecule has 0 aliphatic carbocycles. The minimum absolute atomic E-state index is 0.0323. The molecule has 160 valence electrons. The van der Waals surface area contributed by atoms with Crippen molar-refractivity contribution in [2.45, 2.75) is 32.7 Å². The van der Waals surface area contributed by atoms with Gasteiger partial charge in [-0.15, -0.1) is 0 Å². The lowest BCUT2D eigenvalue weighted by Gasteiger charge is -2.32. The van der Waals surface area contributed by atoms with Crippen LogP contribution in [0.1, 0.15) is 31.0 Å². The second-order valence-electron chi connectivity index (χ2n) is 7.34. The number of carbonyl (C=O) groups is 1. The number of aromatic nitrogens is 2. The van der Waals surface area contributed by atoms with Gasteiger partial charge in [0.2, 0.25) is 5.91 Å². The Labute approximate surface area is 178 Å². The molecule has 0 radical (unpaired) electrons. The van der Waals surface area contributed by atoms with Gasteiger partial charge in [-0.1, -0.05) is 12.1 Å². The van der Waals surface area contributed by atoms with E-state index >= 15 is 0 Å². The van der Waals surface area contributed by atoms with Crippen LogP contribution >= 0.6 is 0 Å². The molecule has 8 nitrogen and oxygen atoms in total. The van der Waals surface area contributed by atoms with Crippen molar-refractivity contribution in [3.05, 3.63) is 54.0 Å². The number of nitrogens with zero attached hydrogens (tertiary/aromatic N) is 4. The molecule has 4 N–H and O–H groups in total. The van der Waals surface area contributed by atoms with E-state index in [1.807, 2.05) is 37.4 Å². The van der Waals surface area contributed by atoms with E-state index in [9.17, 15) is 4.79 Å². The highest BCUT2D eigenvalue weighted by molar-refractivity contribution is 5.80. The van der Waals surface area contributed by atoms with E-state index in [0.29, 0.717) is 6.54 Å². The quantitative estimate of drug-likeness (QED) is 0.450. The molecule has 0 saturated carbocycles. The van der Waals surface area contributed by atoms with Gasteiger partial charge in [0.25, 0.3) is 0 Å². The molecular formula is C22H31N7O. The third-order valence-electron chi connectivity index (χ3n) is 5.22.